The lowest BCUT2D eigenvalue weighted by atomic mass is 9.67. The Bertz CT molecular complexity index is 1470. The summed E-state index contributed by atoms with van der Waals surface area (Å²) in [5, 5.41) is 21.8. The minimum Gasteiger partial charge on any atom is -0.507 e. The molecule has 0 fully saturated rings. The third kappa shape index (κ3) is 4.81. The summed E-state index contributed by atoms with van der Waals surface area (Å²) in [4.78, 5) is 16.9. The molecule has 1 heterocycles. The van der Waals surface area contributed by atoms with Crippen molar-refractivity contribution in [3.8, 4) is 0 Å². The normalized spacial score (nSPS) is 20.4. The monoisotopic (exact) mass is 542 g/mol. The molecule has 194 valence electrons. The van der Waals surface area contributed by atoms with Gasteiger partial charge >= 0.3 is 0 Å². The standard InChI is InChI=1S/C32H31ClN2O2S/c1-19-5-13-23(14-6-19)35-25-17-32(2,3)18-26(36)28(25)27(20-9-15-24(38-4)16-10-20)29(31(35)34)30(37)21-7-11-22(33)12-8-21/h5-16,27,34,37H,17-18H2,1-4H3/b30-29+,34-31?. The van der Waals surface area contributed by atoms with Gasteiger partial charge in [0.2, 0.25) is 0 Å². The Morgan fingerprint density at radius 1 is 1.00 bits per heavy atom. The van der Waals surface area contributed by atoms with Crippen molar-refractivity contribution in [2.75, 3.05) is 11.2 Å². The van der Waals surface area contributed by atoms with E-state index >= 15 is 0 Å². The van der Waals surface area contributed by atoms with E-state index in [1.165, 1.54) is 0 Å². The highest BCUT2D eigenvalue weighted by molar-refractivity contribution is 7.98. The third-order valence-corrected chi connectivity index (χ3v) is 8.33. The van der Waals surface area contributed by atoms with Crippen molar-refractivity contribution in [3.05, 3.63) is 111 Å². The largest absolute Gasteiger partial charge is 0.507 e. The summed E-state index contributed by atoms with van der Waals surface area (Å²) in [7, 11) is 0. The molecule has 3 aromatic rings. The van der Waals surface area contributed by atoms with E-state index in [1.807, 2.05) is 66.6 Å². The van der Waals surface area contributed by atoms with Crippen molar-refractivity contribution in [1.82, 2.24) is 0 Å². The van der Waals surface area contributed by atoms with Crippen molar-refractivity contribution < 1.29 is 9.90 Å². The number of Topliss-reactive ketones (excluding diaryl/α,β-unsaturated/α-hetero) is 1. The zero-order valence-corrected chi connectivity index (χ0v) is 23.6. The average molecular weight is 543 g/mol. The van der Waals surface area contributed by atoms with Gasteiger partial charge in [-0.15, -0.1) is 11.8 Å². The second-order valence-electron chi connectivity index (χ2n) is 10.8. The summed E-state index contributed by atoms with van der Waals surface area (Å²) >= 11 is 7.78. The topological polar surface area (TPSA) is 64.4 Å². The molecule has 0 spiro atoms. The Morgan fingerprint density at radius 2 is 1.63 bits per heavy atom. The first-order valence-electron chi connectivity index (χ1n) is 12.6. The minimum absolute atomic E-state index is 0.0214. The lowest BCUT2D eigenvalue weighted by Gasteiger charge is -2.45. The van der Waals surface area contributed by atoms with Gasteiger partial charge in [-0.25, -0.2) is 0 Å². The van der Waals surface area contributed by atoms with Crippen LogP contribution in [0.1, 0.15) is 49.3 Å². The van der Waals surface area contributed by atoms with Gasteiger partial charge in [-0.05, 0) is 79.1 Å². The van der Waals surface area contributed by atoms with E-state index in [0.29, 0.717) is 34.6 Å². The molecule has 0 radical (unpaired) electrons. The first-order chi connectivity index (χ1) is 18.1. The van der Waals surface area contributed by atoms with Crippen LogP contribution in [0.3, 0.4) is 0 Å². The average Bonchev–Trinajstić information content (AvgIpc) is 2.88. The first kappa shape index (κ1) is 26.3. The number of nitrogens with one attached hydrogen (secondary N) is 1. The molecule has 1 unspecified atom stereocenters. The Hall–Kier alpha value is -3.28. The van der Waals surface area contributed by atoms with Crippen LogP contribution >= 0.6 is 23.4 Å². The van der Waals surface area contributed by atoms with Crippen LogP contribution in [0.2, 0.25) is 5.02 Å². The predicted molar refractivity (Wildman–Crippen MR) is 158 cm³/mol. The van der Waals surface area contributed by atoms with Crippen LogP contribution in [0.5, 0.6) is 0 Å². The number of rotatable bonds is 4. The second kappa shape index (κ2) is 10.1. The number of allylic oxidation sites excluding steroid dienone is 2. The van der Waals surface area contributed by atoms with Crippen molar-refractivity contribution in [1.29, 1.82) is 5.41 Å². The number of ketones is 1. The molecule has 1 aliphatic heterocycles. The number of amidine groups is 1. The highest BCUT2D eigenvalue weighted by Gasteiger charge is 2.46. The highest BCUT2D eigenvalue weighted by atomic mass is 35.5. The molecule has 0 saturated carbocycles. The molecule has 0 aromatic heterocycles. The minimum atomic E-state index is -0.561. The molecule has 4 nitrogen and oxygen atoms in total. The maximum atomic E-state index is 14.0. The number of carbonyl (C=O) groups is 1. The molecule has 0 bridgehead atoms. The molecule has 38 heavy (non-hydrogen) atoms. The maximum absolute atomic E-state index is 14.0. The number of anilines is 1. The van der Waals surface area contributed by atoms with E-state index in [4.69, 9.17) is 11.6 Å². The Morgan fingerprint density at radius 3 is 2.24 bits per heavy atom. The van der Waals surface area contributed by atoms with Crippen LogP contribution in [0.4, 0.5) is 5.69 Å². The number of thioether (sulfide) groups is 1. The molecule has 1 aliphatic carbocycles. The van der Waals surface area contributed by atoms with Gasteiger partial charge in [0.15, 0.2) is 5.78 Å². The van der Waals surface area contributed by atoms with Crippen LogP contribution in [0.15, 0.2) is 94.5 Å². The van der Waals surface area contributed by atoms with Crippen LogP contribution in [0.25, 0.3) is 5.76 Å². The zero-order valence-electron chi connectivity index (χ0n) is 22.0. The number of aliphatic hydroxyl groups is 1. The van der Waals surface area contributed by atoms with E-state index in [0.717, 1.165) is 27.4 Å². The molecule has 0 amide bonds. The molecule has 2 N–H and O–H groups in total. The second-order valence-corrected chi connectivity index (χ2v) is 12.1. The highest BCUT2D eigenvalue weighted by Crippen LogP contribution is 2.51. The van der Waals surface area contributed by atoms with Crippen LogP contribution in [-0.4, -0.2) is 23.0 Å². The molecule has 1 atom stereocenters. The molecular weight excluding hydrogens is 512 g/mol. The van der Waals surface area contributed by atoms with Gasteiger partial charge in [-0.2, -0.15) is 0 Å². The van der Waals surface area contributed by atoms with E-state index in [2.05, 4.69) is 13.8 Å². The van der Waals surface area contributed by atoms with Gasteiger partial charge in [0.05, 0.1) is 0 Å². The Kier molecular flexibility index (Phi) is 7.01. The molecule has 6 heteroatoms. The lowest BCUT2D eigenvalue weighted by molar-refractivity contribution is -0.118. The SMILES string of the molecule is CSc1ccc(C2C3=C(CC(C)(C)CC3=O)N(c3ccc(C)cc3)C(=N)/C2=C(/O)c2ccc(Cl)cc2)cc1. The van der Waals surface area contributed by atoms with Crippen molar-refractivity contribution in [2.24, 2.45) is 5.41 Å². The first-order valence-corrected chi connectivity index (χ1v) is 14.2. The fourth-order valence-electron chi connectivity index (χ4n) is 5.49. The summed E-state index contributed by atoms with van der Waals surface area (Å²) in [6.45, 7) is 6.23. The van der Waals surface area contributed by atoms with Gasteiger partial charge in [0.25, 0.3) is 0 Å². The molecule has 3 aromatic carbocycles. The molecular formula is C32H31ClN2O2S. The lowest BCUT2D eigenvalue weighted by Crippen LogP contribution is -2.45. The van der Waals surface area contributed by atoms with Crippen LogP contribution in [0, 0.1) is 17.7 Å². The maximum Gasteiger partial charge on any atom is 0.162 e. The smallest absolute Gasteiger partial charge is 0.162 e. The van der Waals surface area contributed by atoms with Gasteiger partial charge in [0.1, 0.15) is 11.6 Å². The van der Waals surface area contributed by atoms with Crippen LogP contribution < -0.4 is 4.90 Å². The van der Waals surface area contributed by atoms with E-state index in [9.17, 15) is 15.3 Å². The number of benzene rings is 3. The zero-order chi connectivity index (χ0) is 27.2. The van der Waals surface area contributed by atoms with Crippen LogP contribution in [-0.2, 0) is 4.79 Å². The molecule has 2 aliphatic rings. The summed E-state index contributed by atoms with van der Waals surface area (Å²) < 4.78 is 0. The summed E-state index contributed by atoms with van der Waals surface area (Å²) in [6, 6.07) is 23.0. The van der Waals surface area contributed by atoms with Gasteiger partial charge in [0, 0.05) is 50.4 Å². The summed E-state index contributed by atoms with van der Waals surface area (Å²) in [5.74, 6) is -0.355. The Balaban J connectivity index is 1.83. The fourth-order valence-corrected chi connectivity index (χ4v) is 6.02. The van der Waals surface area contributed by atoms with E-state index < -0.39 is 5.92 Å². The molecule has 0 saturated heterocycles. The summed E-state index contributed by atoms with van der Waals surface area (Å²) in [6.07, 6.45) is 3.09. The van der Waals surface area contributed by atoms with Crippen molar-refractivity contribution >= 4 is 46.4 Å². The van der Waals surface area contributed by atoms with Gasteiger partial charge in [-0.1, -0.05) is 55.3 Å². The number of hydrogen-bond donors (Lipinski definition) is 2. The number of halogens is 1. The number of nitrogens with zero attached hydrogens (tertiary/aromatic N) is 1. The fraction of sp³-hybridized carbons (Fsp3) is 0.250. The predicted octanol–water partition coefficient (Wildman–Crippen LogP) is 8.56. The number of hydrogen-bond acceptors (Lipinski definition) is 4. The quantitative estimate of drug-likeness (QED) is 0.256. The van der Waals surface area contributed by atoms with Crippen molar-refractivity contribution in [2.45, 2.75) is 44.4 Å². The van der Waals surface area contributed by atoms with E-state index in [1.54, 1.807) is 36.0 Å². The molecule has 5 rings (SSSR count). The number of carbonyl (C=O) groups excluding carboxylic acids is 1. The third-order valence-electron chi connectivity index (χ3n) is 7.34. The van der Waals surface area contributed by atoms with Gasteiger partial charge < -0.3 is 5.11 Å². The van der Waals surface area contributed by atoms with Gasteiger partial charge in [-0.3, -0.25) is 15.1 Å². The number of aliphatic hydroxyl groups excluding tert-OH is 1. The van der Waals surface area contributed by atoms with Crippen molar-refractivity contribution in [3.63, 3.8) is 0 Å². The number of aryl methyl sites for hydroxylation is 1. The van der Waals surface area contributed by atoms with E-state index in [-0.39, 0.29) is 22.8 Å². The Labute approximate surface area is 233 Å². The summed E-state index contributed by atoms with van der Waals surface area (Å²) in [5.41, 5.74) is 5.01.